The second-order valence-electron chi connectivity index (χ2n) is 12.0. The van der Waals surface area contributed by atoms with Crippen LogP contribution in [0.3, 0.4) is 0 Å². The van der Waals surface area contributed by atoms with Gasteiger partial charge in [-0.3, -0.25) is 14.9 Å². The number of fused-ring (bicyclic) bond motifs is 5. The van der Waals surface area contributed by atoms with Crippen LogP contribution in [0.1, 0.15) is 58.9 Å². The molecule has 44 heavy (non-hydrogen) atoms. The van der Waals surface area contributed by atoms with Crippen molar-refractivity contribution in [2.75, 3.05) is 26.2 Å². The highest BCUT2D eigenvalue weighted by atomic mass is 35.5. The van der Waals surface area contributed by atoms with Crippen molar-refractivity contribution < 1.29 is 43.2 Å². The summed E-state index contributed by atoms with van der Waals surface area (Å²) < 4.78 is 28.8. The number of carbonyl (C=O) groups is 3. The van der Waals surface area contributed by atoms with Gasteiger partial charge in [-0.1, -0.05) is 49.2 Å². The lowest BCUT2D eigenvalue weighted by molar-refractivity contribution is -0.153. The number of hydrogen-bond acceptors (Lipinski definition) is 9. The van der Waals surface area contributed by atoms with Crippen molar-refractivity contribution in [1.29, 1.82) is 0 Å². The molecule has 3 aliphatic rings. The van der Waals surface area contributed by atoms with Crippen LogP contribution in [-0.2, 0) is 35.0 Å². The number of epoxide rings is 1. The van der Waals surface area contributed by atoms with E-state index in [2.05, 4.69) is 5.32 Å². The third-order valence-electron chi connectivity index (χ3n) is 8.68. The van der Waals surface area contributed by atoms with Crippen LogP contribution in [0.4, 0.5) is 10.5 Å². The molecule has 242 valence electrons. The first-order valence-corrected chi connectivity index (χ1v) is 15.2. The first kappa shape index (κ1) is 33.8. The average Bonchev–Trinajstić information content (AvgIpc) is 3.66. The number of amides is 2. The number of halogens is 1. The molecule has 4 bridgehead atoms. The summed E-state index contributed by atoms with van der Waals surface area (Å²) in [4.78, 5) is 40.6. The number of nitrogens with one attached hydrogen (secondary N) is 1. The molecule has 3 heterocycles. The van der Waals surface area contributed by atoms with Gasteiger partial charge in [0.2, 0.25) is 5.91 Å². The number of alkyl carbamates (subject to hydrolysis) is 1. The summed E-state index contributed by atoms with van der Waals surface area (Å²) in [5.41, 5.74) is -0.561. The van der Waals surface area contributed by atoms with Gasteiger partial charge in [-0.05, 0) is 44.4 Å². The molecule has 11 nitrogen and oxygen atoms in total. The maximum atomic E-state index is 13.8. The SMILES string of the molecule is CCCC(=O)O[C@H]1CC(=O)N(C)c2cc(cc(OC)c2Cl)C/C(C)=C\C=C[C@@H](OC)[C@@]2(O)C[C@H](OC(=O)N2)[C@@H](C)[C@@H]2O[C@@]12C. The smallest absolute Gasteiger partial charge is 0.409 e. The molecule has 0 aromatic heterocycles. The van der Waals surface area contributed by atoms with Crippen molar-refractivity contribution in [2.45, 2.75) is 95.5 Å². The van der Waals surface area contributed by atoms with E-state index in [0.29, 0.717) is 24.3 Å². The predicted octanol–water partition coefficient (Wildman–Crippen LogP) is 4.47. The van der Waals surface area contributed by atoms with Crippen LogP contribution in [0.5, 0.6) is 5.75 Å². The number of carbonyl (C=O) groups excluding carboxylic acids is 3. The van der Waals surface area contributed by atoms with Crippen molar-refractivity contribution in [3.05, 3.63) is 46.5 Å². The van der Waals surface area contributed by atoms with Gasteiger partial charge in [-0.25, -0.2) is 4.79 Å². The van der Waals surface area contributed by atoms with Crippen LogP contribution in [0.2, 0.25) is 5.02 Å². The zero-order chi connectivity index (χ0) is 32.4. The number of benzene rings is 1. The van der Waals surface area contributed by atoms with Gasteiger partial charge in [0.05, 0.1) is 25.3 Å². The number of ether oxygens (including phenoxy) is 5. The van der Waals surface area contributed by atoms with Crippen molar-refractivity contribution in [3.8, 4) is 5.75 Å². The first-order chi connectivity index (χ1) is 20.8. The van der Waals surface area contributed by atoms with Gasteiger partial charge < -0.3 is 33.7 Å². The molecule has 2 fully saturated rings. The predicted molar refractivity (Wildman–Crippen MR) is 164 cm³/mol. The highest BCUT2D eigenvalue weighted by Crippen LogP contribution is 2.49. The Morgan fingerprint density at radius 1 is 1.27 bits per heavy atom. The van der Waals surface area contributed by atoms with E-state index in [0.717, 1.165) is 11.1 Å². The maximum Gasteiger partial charge on any atom is 0.409 e. The van der Waals surface area contributed by atoms with Crippen LogP contribution in [-0.4, -0.2) is 80.1 Å². The molecule has 1 aromatic carbocycles. The molecular formula is C32H43ClN2O9. The molecule has 2 amide bonds. The zero-order valence-electron chi connectivity index (χ0n) is 26.3. The molecule has 12 heteroatoms. The van der Waals surface area contributed by atoms with E-state index < -0.39 is 53.7 Å². The Morgan fingerprint density at radius 3 is 2.66 bits per heavy atom. The van der Waals surface area contributed by atoms with E-state index in [9.17, 15) is 19.5 Å². The number of anilines is 1. The van der Waals surface area contributed by atoms with Crippen LogP contribution in [0.25, 0.3) is 0 Å². The number of methoxy groups -OCH3 is 2. The van der Waals surface area contributed by atoms with Gasteiger partial charge in [0.25, 0.3) is 0 Å². The van der Waals surface area contributed by atoms with Crippen molar-refractivity contribution >= 4 is 35.3 Å². The fraction of sp³-hybridized carbons (Fsp3) is 0.594. The Kier molecular flexibility index (Phi) is 10.3. The van der Waals surface area contributed by atoms with Crippen molar-refractivity contribution in [1.82, 2.24) is 5.32 Å². The molecule has 1 aromatic rings. The lowest BCUT2D eigenvalue weighted by Gasteiger charge is -2.42. The minimum Gasteiger partial charge on any atom is -0.495 e. The van der Waals surface area contributed by atoms with Crippen LogP contribution < -0.4 is 15.0 Å². The van der Waals surface area contributed by atoms with Gasteiger partial charge in [0.15, 0.2) is 5.72 Å². The normalized spacial score (nSPS) is 33.8. The molecule has 7 atom stereocenters. The number of allylic oxidation sites excluding steroid dienone is 3. The number of rotatable bonds is 5. The van der Waals surface area contributed by atoms with Gasteiger partial charge >= 0.3 is 12.1 Å². The highest BCUT2D eigenvalue weighted by molar-refractivity contribution is 6.35. The van der Waals surface area contributed by atoms with E-state index >= 15 is 0 Å². The molecule has 2 saturated heterocycles. The van der Waals surface area contributed by atoms with Crippen LogP contribution >= 0.6 is 11.6 Å². The topological polar surface area (TPSA) is 136 Å². The summed E-state index contributed by atoms with van der Waals surface area (Å²) >= 11 is 6.68. The van der Waals surface area contributed by atoms with Crippen LogP contribution in [0, 0.1) is 5.92 Å². The molecular weight excluding hydrogens is 592 g/mol. The maximum absolute atomic E-state index is 13.8. The second-order valence-corrected chi connectivity index (χ2v) is 12.4. The standard InChI is InChI=1S/C32H43ClN2O9/c1-8-10-27(37)43-25-16-26(36)35(5)21-14-20(15-22(40-6)28(21)33)13-18(2)11-9-12-24(41-7)32(39)17-23(42-30(38)34-32)19(3)29-31(25,4)44-29/h9,11-12,14-15,19,23-25,29,39H,8,10,13,16-17H2,1-7H3,(H,34,38)/b12-9?,18-11-/t19-,23+,24-,25+,29+,31+,32+/m1/s1. The quantitative estimate of drug-likeness (QED) is 0.355. The summed E-state index contributed by atoms with van der Waals surface area (Å²) in [6, 6.07) is 3.64. The van der Waals surface area contributed by atoms with E-state index in [4.69, 9.17) is 35.3 Å². The van der Waals surface area contributed by atoms with Crippen molar-refractivity contribution in [3.63, 3.8) is 0 Å². The lowest BCUT2D eigenvalue weighted by Crippen LogP contribution is -2.63. The summed E-state index contributed by atoms with van der Waals surface area (Å²) in [7, 11) is 4.57. The van der Waals surface area contributed by atoms with Gasteiger partial charge in [-0.2, -0.15) is 0 Å². The third kappa shape index (κ3) is 7.06. The largest absolute Gasteiger partial charge is 0.495 e. The van der Waals surface area contributed by atoms with Crippen LogP contribution in [0.15, 0.2) is 35.9 Å². The lowest BCUT2D eigenvalue weighted by atomic mass is 9.83. The fourth-order valence-corrected chi connectivity index (χ4v) is 6.34. The van der Waals surface area contributed by atoms with E-state index in [1.165, 1.54) is 19.1 Å². The minimum absolute atomic E-state index is 0.00742. The Hall–Kier alpha value is -3.12. The fourth-order valence-electron chi connectivity index (χ4n) is 6.03. The molecule has 4 rings (SSSR count). The molecule has 0 saturated carbocycles. The Labute approximate surface area is 263 Å². The van der Waals surface area contributed by atoms with Crippen molar-refractivity contribution in [2.24, 2.45) is 5.92 Å². The molecule has 0 radical (unpaired) electrons. The number of hydrogen-bond donors (Lipinski definition) is 2. The highest BCUT2D eigenvalue weighted by Gasteiger charge is 2.64. The van der Waals surface area contributed by atoms with Gasteiger partial charge in [0, 0.05) is 32.9 Å². The Balaban J connectivity index is 1.79. The minimum atomic E-state index is -1.76. The molecule has 0 spiro atoms. The number of esters is 1. The molecule has 0 aliphatic carbocycles. The average molecular weight is 635 g/mol. The molecule has 0 unspecified atom stereocenters. The third-order valence-corrected chi connectivity index (χ3v) is 9.06. The monoisotopic (exact) mass is 634 g/mol. The number of nitrogens with zero attached hydrogens (tertiary/aromatic N) is 1. The van der Waals surface area contributed by atoms with E-state index in [1.54, 1.807) is 26.1 Å². The Morgan fingerprint density at radius 2 is 2.00 bits per heavy atom. The summed E-state index contributed by atoms with van der Waals surface area (Å²) in [5.74, 6) is -0.813. The van der Waals surface area contributed by atoms with Gasteiger partial charge in [-0.15, -0.1) is 0 Å². The summed E-state index contributed by atoms with van der Waals surface area (Å²) in [6.07, 6.45) is 2.47. The first-order valence-electron chi connectivity index (χ1n) is 14.8. The summed E-state index contributed by atoms with van der Waals surface area (Å²) in [5, 5.41) is 14.4. The number of aliphatic hydroxyl groups is 1. The molecule has 3 aliphatic heterocycles. The summed E-state index contributed by atoms with van der Waals surface area (Å²) in [6.45, 7) is 7.41. The molecule has 2 N–H and O–H groups in total. The van der Waals surface area contributed by atoms with Gasteiger partial charge in [0.1, 0.15) is 34.7 Å². The Bertz CT molecular complexity index is 1330. The van der Waals surface area contributed by atoms with E-state index in [1.807, 2.05) is 39.0 Å². The zero-order valence-corrected chi connectivity index (χ0v) is 27.1. The second kappa shape index (κ2) is 13.5. The van der Waals surface area contributed by atoms with E-state index in [-0.39, 0.29) is 30.2 Å².